The molecular formula is C14H20N2O4S. The molecule has 1 saturated heterocycles. The molecular weight excluding hydrogens is 292 g/mol. The van der Waals surface area contributed by atoms with Crippen molar-refractivity contribution in [3.63, 3.8) is 0 Å². The summed E-state index contributed by atoms with van der Waals surface area (Å²) in [4.78, 5) is 30.3. The smallest absolute Gasteiger partial charge is 0.305 e. The average Bonchev–Trinajstić information content (AvgIpc) is 2.79. The summed E-state index contributed by atoms with van der Waals surface area (Å²) in [5.41, 5.74) is 0.731. The molecule has 1 N–H and O–H groups in total. The fraction of sp³-hybridized carbons (Fsp3) is 0.643. The van der Waals surface area contributed by atoms with Gasteiger partial charge in [-0.3, -0.25) is 9.59 Å². The first-order valence-corrected chi connectivity index (χ1v) is 7.91. The minimum absolute atomic E-state index is 0.0919. The first-order chi connectivity index (χ1) is 10.0. The van der Waals surface area contributed by atoms with Gasteiger partial charge in [-0.2, -0.15) is 0 Å². The predicted octanol–water partition coefficient (Wildman–Crippen LogP) is 1.72. The largest absolute Gasteiger partial charge is 0.481 e. The lowest BCUT2D eigenvalue weighted by molar-refractivity contribution is -0.139. The molecule has 0 spiro atoms. The maximum absolute atomic E-state index is 12.7. The third-order valence-corrected chi connectivity index (χ3v) is 4.60. The lowest BCUT2D eigenvalue weighted by atomic mass is 10.1. The van der Waals surface area contributed by atoms with E-state index in [1.165, 1.54) is 11.3 Å². The molecule has 1 fully saturated rings. The Balaban J connectivity index is 2.18. The van der Waals surface area contributed by atoms with E-state index in [4.69, 9.17) is 9.84 Å². The summed E-state index contributed by atoms with van der Waals surface area (Å²) in [6.45, 7) is 5.05. The van der Waals surface area contributed by atoms with Crippen molar-refractivity contribution in [3.05, 3.63) is 15.6 Å². The van der Waals surface area contributed by atoms with Gasteiger partial charge in [0, 0.05) is 6.54 Å². The number of carbonyl (C=O) groups is 2. The van der Waals surface area contributed by atoms with E-state index in [1.54, 1.807) is 4.90 Å². The zero-order valence-electron chi connectivity index (χ0n) is 12.3. The van der Waals surface area contributed by atoms with Crippen molar-refractivity contribution in [1.29, 1.82) is 0 Å². The molecule has 1 amide bonds. The number of rotatable bonds is 5. The van der Waals surface area contributed by atoms with Gasteiger partial charge in [-0.1, -0.05) is 6.92 Å². The molecule has 0 bridgehead atoms. The summed E-state index contributed by atoms with van der Waals surface area (Å²) in [7, 11) is 0. The topological polar surface area (TPSA) is 79.7 Å². The van der Waals surface area contributed by atoms with Gasteiger partial charge in [0.1, 0.15) is 4.88 Å². The number of nitrogens with zero attached hydrogens (tertiary/aromatic N) is 2. The number of carboxylic acids is 1. The molecule has 1 aliphatic rings. The molecule has 6 nitrogen and oxygen atoms in total. The van der Waals surface area contributed by atoms with Crippen LogP contribution in [0.15, 0.2) is 0 Å². The van der Waals surface area contributed by atoms with Gasteiger partial charge in [0.2, 0.25) is 0 Å². The molecule has 1 atom stereocenters. The Labute approximate surface area is 127 Å². The zero-order chi connectivity index (χ0) is 15.4. The number of aliphatic carboxylic acids is 1. The first kappa shape index (κ1) is 15.9. The molecule has 2 heterocycles. The third kappa shape index (κ3) is 3.79. The van der Waals surface area contributed by atoms with E-state index in [0.717, 1.165) is 23.5 Å². The van der Waals surface area contributed by atoms with Crippen LogP contribution in [0, 0.1) is 6.92 Å². The minimum atomic E-state index is -0.920. The second-order valence-electron chi connectivity index (χ2n) is 5.10. The number of aryl methyl sites for hydroxylation is 2. The molecule has 1 aromatic rings. The fourth-order valence-corrected chi connectivity index (χ4v) is 3.52. The standard InChI is InChI=1S/C14H20N2O4S/c1-3-4-11-15-9(2)13(21-11)14(19)16-5-6-20-8-10(16)7-12(17)18/h10H,3-8H2,1-2H3,(H,17,18). The normalized spacial score (nSPS) is 18.8. The maximum atomic E-state index is 12.7. The van der Waals surface area contributed by atoms with Crippen molar-refractivity contribution in [1.82, 2.24) is 9.88 Å². The molecule has 21 heavy (non-hydrogen) atoms. The molecule has 0 aromatic carbocycles. The van der Waals surface area contributed by atoms with E-state index in [0.29, 0.717) is 18.0 Å². The van der Waals surface area contributed by atoms with Crippen molar-refractivity contribution in [3.8, 4) is 0 Å². The monoisotopic (exact) mass is 312 g/mol. The van der Waals surface area contributed by atoms with Gasteiger partial charge >= 0.3 is 5.97 Å². The van der Waals surface area contributed by atoms with E-state index >= 15 is 0 Å². The predicted molar refractivity (Wildman–Crippen MR) is 78.7 cm³/mol. The van der Waals surface area contributed by atoms with Crippen LogP contribution in [-0.2, 0) is 16.0 Å². The second kappa shape index (κ2) is 7.00. The second-order valence-corrected chi connectivity index (χ2v) is 6.18. The Morgan fingerprint density at radius 3 is 2.95 bits per heavy atom. The number of aromatic nitrogens is 1. The molecule has 2 rings (SSSR count). The van der Waals surface area contributed by atoms with Crippen LogP contribution >= 0.6 is 11.3 Å². The number of carboxylic acid groups (broad SMARTS) is 1. The van der Waals surface area contributed by atoms with Gasteiger partial charge in [0.05, 0.1) is 36.4 Å². The van der Waals surface area contributed by atoms with E-state index in [-0.39, 0.29) is 18.9 Å². The quantitative estimate of drug-likeness (QED) is 0.895. The highest BCUT2D eigenvalue weighted by Crippen LogP contribution is 2.23. The lowest BCUT2D eigenvalue weighted by Gasteiger charge is -2.34. The summed E-state index contributed by atoms with van der Waals surface area (Å²) in [5.74, 6) is -1.04. The molecule has 0 radical (unpaired) electrons. The average molecular weight is 312 g/mol. The van der Waals surface area contributed by atoms with Crippen LogP contribution < -0.4 is 0 Å². The lowest BCUT2D eigenvalue weighted by Crippen LogP contribution is -2.49. The number of thiazole rings is 1. The molecule has 0 saturated carbocycles. The summed E-state index contributed by atoms with van der Waals surface area (Å²) in [5, 5.41) is 9.92. The molecule has 1 aromatic heterocycles. The molecule has 7 heteroatoms. The Morgan fingerprint density at radius 1 is 1.52 bits per heavy atom. The minimum Gasteiger partial charge on any atom is -0.481 e. The third-order valence-electron chi connectivity index (χ3n) is 3.40. The van der Waals surface area contributed by atoms with Gasteiger partial charge in [0.25, 0.3) is 5.91 Å². The highest BCUT2D eigenvalue weighted by atomic mass is 32.1. The van der Waals surface area contributed by atoms with Crippen molar-refractivity contribution in [2.75, 3.05) is 19.8 Å². The Hall–Kier alpha value is -1.47. The Kier molecular flexibility index (Phi) is 5.30. The summed E-state index contributed by atoms with van der Waals surface area (Å²) in [6, 6.07) is -0.403. The summed E-state index contributed by atoms with van der Waals surface area (Å²) in [6.07, 6.45) is 1.76. The molecule has 1 unspecified atom stereocenters. The Bertz CT molecular complexity index is 529. The van der Waals surface area contributed by atoms with Gasteiger partial charge in [0.15, 0.2) is 0 Å². The number of amides is 1. The molecule has 1 aliphatic heterocycles. The van der Waals surface area contributed by atoms with E-state index < -0.39 is 12.0 Å². The van der Waals surface area contributed by atoms with E-state index in [2.05, 4.69) is 11.9 Å². The van der Waals surface area contributed by atoms with Crippen molar-refractivity contribution >= 4 is 23.2 Å². The van der Waals surface area contributed by atoms with E-state index in [1.807, 2.05) is 6.92 Å². The van der Waals surface area contributed by atoms with Crippen LogP contribution in [-0.4, -0.2) is 52.7 Å². The van der Waals surface area contributed by atoms with Crippen molar-refractivity contribution in [2.24, 2.45) is 0 Å². The van der Waals surface area contributed by atoms with Crippen LogP contribution in [0.3, 0.4) is 0 Å². The summed E-state index contributed by atoms with van der Waals surface area (Å²) >= 11 is 1.42. The van der Waals surface area contributed by atoms with Crippen LogP contribution in [0.25, 0.3) is 0 Å². The van der Waals surface area contributed by atoms with Crippen molar-refractivity contribution < 1.29 is 19.4 Å². The zero-order valence-corrected chi connectivity index (χ0v) is 13.1. The number of morpholine rings is 1. The molecule has 116 valence electrons. The number of carbonyl (C=O) groups excluding carboxylic acids is 1. The fourth-order valence-electron chi connectivity index (χ4n) is 2.39. The Morgan fingerprint density at radius 2 is 2.29 bits per heavy atom. The van der Waals surface area contributed by atoms with Crippen molar-refractivity contribution in [2.45, 2.75) is 39.2 Å². The number of ether oxygens (including phenoxy) is 1. The first-order valence-electron chi connectivity index (χ1n) is 7.09. The van der Waals surface area contributed by atoms with Crippen LogP contribution in [0.5, 0.6) is 0 Å². The molecule has 0 aliphatic carbocycles. The van der Waals surface area contributed by atoms with Crippen LogP contribution in [0.4, 0.5) is 0 Å². The van der Waals surface area contributed by atoms with Gasteiger partial charge in [-0.15, -0.1) is 11.3 Å². The highest BCUT2D eigenvalue weighted by Gasteiger charge is 2.31. The summed E-state index contributed by atoms with van der Waals surface area (Å²) < 4.78 is 5.30. The van der Waals surface area contributed by atoms with Gasteiger partial charge in [-0.25, -0.2) is 4.98 Å². The highest BCUT2D eigenvalue weighted by molar-refractivity contribution is 7.13. The van der Waals surface area contributed by atoms with Gasteiger partial charge in [-0.05, 0) is 19.8 Å². The number of hydrogen-bond donors (Lipinski definition) is 1. The van der Waals surface area contributed by atoms with E-state index in [9.17, 15) is 9.59 Å². The van der Waals surface area contributed by atoms with Gasteiger partial charge < -0.3 is 14.7 Å². The maximum Gasteiger partial charge on any atom is 0.305 e. The number of hydrogen-bond acceptors (Lipinski definition) is 5. The van der Waals surface area contributed by atoms with Crippen LogP contribution in [0.1, 0.15) is 40.1 Å². The SMILES string of the molecule is CCCc1nc(C)c(C(=O)N2CCOCC2CC(=O)O)s1. The van der Waals surface area contributed by atoms with Crippen LogP contribution in [0.2, 0.25) is 0 Å².